The first kappa shape index (κ1) is 14.0. The molecule has 2 N–H and O–H groups in total. The van der Waals surface area contributed by atoms with Crippen molar-refractivity contribution in [2.45, 2.75) is 26.8 Å². The minimum atomic E-state index is 0.0377. The molecule has 0 fully saturated rings. The van der Waals surface area contributed by atoms with Crippen molar-refractivity contribution in [3.63, 3.8) is 0 Å². The van der Waals surface area contributed by atoms with E-state index in [1.54, 1.807) is 0 Å². The minimum absolute atomic E-state index is 0.0377. The second-order valence-corrected chi connectivity index (χ2v) is 4.68. The third kappa shape index (κ3) is 5.71. The molecule has 0 amide bonds. The van der Waals surface area contributed by atoms with Crippen molar-refractivity contribution >= 4 is 0 Å². The molecule has 0 saturated carbocycles. The number of nitrogens with two attached hydrogens (primary N) is 1. The zero-order chi connectivity index (χ0) is 12.7. The summed E-state index contributed by atoms with van der Waals surface area (Å²) in [6, 6.07) is 7.92. The molecule has 0 heterocycles. The number of rotatable bonds is 7. The van der Waals surface area contributed by atoms with Gasteiger partial charge in [-0.1, -0.05) is 26.0 Å². The Kier molecular flexibility index (Phi) is 6.01. The van der Waals surface area contributed by atoms with Gasteiger partial charge in [-0.15, -0.1) is 0 Å². The molecule has 0 unspecified atom stereocenters. The minimum Gasteiger partial charge on any atom is -0.491 e. The van der Waals surface area contributed by atoms with Gasteiger partial charge in [0.15, 0.2) is 0 Å². The molecule has 3 nitrogen and oxygen atoms in total. The lowest BCUT2D eigenvalue weighted by Crippen LogP contribution is -2.10. The molecule has 0 saturated heterocycles. The SMILES string of the molecule is CC(C)COCCOc1cccc([C@H](C)N)c1. The lowest BCUT2D eigenvalue weighted by molar-refractivity contribution is 0.0819. The summed E-state index contributed by atoms with van der Waals surface area (Å²) < 4.78 is 11.0. The molecule has 0 bridgehead atoms. The Balaban J connectivity index is 2.29. The lowest BCUT2D eigenvalue weighted by Gasteiger charge is -2.11. The fraction of sp³-hybridized carbons (Fsp3) is 0.571. The van der Waals surface area contributed by atoms with Gasteiger partial charge in [0, 0.05) is 12.6 Å². The van der Waals surface area contributed by atoms with Gasteiger partial charge in [0.25, 0.3) is 0 Å². The van der Waals surface area contributed by atoms with Crippen molar-refractivity contribution in [3.05, 3.63) is 29.8 Å². The van der Waals surface area contributed by atoms with E-state index in [-0.39, 0.29) is 6.04 Å². The lowest BCUT2D eigenvalue weighted by atomic mass is 10.1. The van der Waals surface area contributed by atoms with E-state index in [0.29, 0.717) is 19.1 Å². The second-order valence-electron chi connectivity index (χ2n) is 4.68. The first-order chi connectivity index (χ1) is 8.09. The maximum atomic E-state index is 5.81. The summed E-state index contributed by atoms with van der Waals surface area (Å²) in [5, 5.41) is 0. The van der Waals surface area contributed by atoms with Gasteiger partial charge in [0.2, 0.25) is 0 Å². The smallest absolute Gasteiger partial charge is 0.119 e. The molecule has 1 aromatic rings. The van der Waals surface area contributed by atoms with Crippen LogP contribution >= 0.6 is 0 Å². The third-order valence-electron chi connectivity index (χ3n) is 2.33. The normalized spacial score (nSPS) is 12.8. The topological polar surface area (TPSA) is 44.5 Å². The Labute approximate surface area is 104 Å². The Bertz CT molecular complexity index is 324. The van der Waals surface area contributed by atoms with Crippen molar-refractivity contribution in [3.8, 4) is 5.75 Å². The van der Waals surface area contributed by atoms with Crippen molar-refractivity contribution in [2.75, 3.05) is 19.8 Å². The van der Waals surface area contributed by atoms with Crippen LogP contribution in [0.4, 0.5) is 0 Å². The summed E-state index contributed by atoms with van der Waals surface area (Å²) in [6.07, 6.45) is 0. The Hall–Kier alpha value is -1.06. The van der Waals surface area contributed by atoms with Crippen molar-refractivity contribution < 1.29 is 9.47 Å². The molecule has 1 aromatic carbocycles. The summed E-state index contributed by atoms with van der Waals surface area (Å²) in [4.78, 5) is 0. The van der Waals surface area contributed by atoms with Crippen molar-refractivity contribution in [2.24, 2.45) is 11.7 Å². The van der Waals surface area contributed by atoms with Gasteiger partial charge in [-0.3, -0.25) is 0 Å². The van der Waals surface area contributed by atoms with Crippen LogP contribution in [0, 0.1) is 5.92 Å². The van der Waals surface area contributed by atoms with Crippen LogP contribution in [0.3, 0.4) is 0 Å². The summed E-state index contributed by atoms with van der Waals surface area (Å²) >= 11 is 0. The zero-order valence-corrected chi connectivity index (χ0v) is 11.0. The molecule has 3 heteroatoms. The van der Waals surface area contributed by atoms with Crippen molar-refractivity contribution in [1.29, 1.82) is 0 Å². The van der Waals surface area contributed by atoms with E-state index in [0.717, 1.165) is 17.9 Å². The maximum absolute atomic E-state index is 5.81. The van der Waals surface area contributed by atoms with Crippen LogP contribution < -0.4 is 10.5 Å². The Morgan fingerprint density at radius 3 is 2.59 bits per heavy atom. The first-order valence-corrected chi connectivity index (χ1v) is 6.15. The predicted octanol–water partition coefficient (Wildman–Crippen LogP) is 2.76. The molecule has 0 aliphatic carbocycles. The average molecular weight is 237 g/mol. The van der Waals surface area contributed by atoms with Gasteiger partial charge in [0.1, 0.15) is 12.4 Å². The van der Waals surface area contributed by atoms with Crippen LogP contribution in [-0.4, -0.2) is 19.8 Å². The number of ether oxygens (including phenoxy) is 2. The van der Waals surface area contributed by atoms with E-state index >= 15 is 0 Å². The van der Waals surface area contributed by atoms with Gasteiger partial charge in [-0.05, 0) is 30.5 Å². The van der Waals surface area contributed by atoms with Gasteiger partial charge in [-0.25, -0.2) is 0 Å². The molecule has 0 aromatic heterocycles. The summed E-state index contributed by atoms with van der Waals surface area (Å²) in [5.41, 5.74) is 6.90. The molecular formula is C14H23NO2. The summed E-state index contributed by atoms with van der Waals surface area (Å²) in [6.45, 7) is 8.21. The highest BCUT2D eigenvalue weighted by Crippen LogP contribution is 2.17. The fourth-order valence-electron chi connectivity index (χ4n) is 1.43. The van der Waals surface area contributed by atoms with Crippen LogP contribution in [0.2, 0.25) is 0 Å². The van der Waals surface area contributed by atoms with Crippen molar-refractivity contribution in [1.82, 2.24) is 0 Å². The highest BCUT2D eigenvalue weighted by Gasteiger charge is 2.01. The number of benzene rings is 1. The monoisotopic (exact) mass is 237 g/mol. The molecule has 0 spiro atoms. The molecule has 0 radical (unpaired) electrons. The Morgan fingerprint density at radius 1 is 1.18 bits per heavy atom. The molecule has 17 heavy (non-hydrogen) atoms. The predicted molar refractivity (Wildman–Crippen MR) is 70.2 cm³/mol. The average Bonchev–Trinajstić information content (AvgIpc) is 2.28. The Morgan fingerprint density at radius 2 is 1.94 bits per heavy atom. The van der Waals surface area contributed by atoms with Crippen LogP contribution in [0.1, 0.15) is 32.4 Å². The van der Waals surface area contributed by atoms with Gasteiger partial charge in [0.05, 0.1) is 6.61 Å². The molecular weight excluding hydrogens is 214 g/mol. The molecule has 1 atom stereocenters. The maximum Gasteiger partial charge on any atom is 0.119 e. The summed E-state index contributed by atoms with van der Waals surface area (Å²) in [5.74, 6) is 1.42. The van der Waals surface area contributed by atoms with Gasteiger partial charge < -0.3 is 15.2 Å². The van der Waals surface area contributed by atoms with Crippen LogP contribution in [-0.2, 0) is 4.74 Å². The first-order valence-electron chi connectivity index (χ1n) is 6.15. The van der Waals surface area contributed by atoms with Crippen LogP contribution in [0.15, 0.2) is 24.3 Å². The zero-order valence-electron chi connectivity index (χ0n) is 11.0. The molecule has 1 rings (SSSR count). The highest BCUT2D eigenvalue weighted by molar-refractivity contribution is 5.30. The van der Waals surface area contributed by atoms with Crippen LogP contribution in [0.25, 0.3) is 0 Å². The second kappa shape index (κ2) is 7.30. The molecule has 0 aliphatic heterocycles. The van der Waals surface area contributed by atoms with Gasteiger partial charge in [-0.2, -0.15) is 0 Å². The van der Waals surface area contributed by atoms with E-state index in [2.05, 4.69) is 13.8 Å². The number of hydrogen-bond donors (Lipinski definition) is 1. The van der Waals surface area contributed by atoms with Gasteiger partial charge >= 0.3 is 0 Å². The van der Waals surface area contributed by atoms with E-state index in [1.165, 1.54) is 0 Å². The highest BCUT2D eigenvalue weighted by atomic mass is 16.5. The quantitative estimate of drug-likeness (QED) is 0.742. The van der Waals surface area contributed by atoms with E-state index in [1.807, 2.05) is 31.2 Å². The largest absolute Gasteiger partial charge is 0.491 e. The fourth-order valence-corrected chi connectivity index (χ4v) is 1.43. The van der Waals surface area contributed by atoms with E-state index in [4.69, 9.17) is 15.2 Å². The van der Waals surface area contributed by atoms with E-state index in [9.17, 15) is 0 Å². The third-order valence-corrected chi connectivity index (χ3v) is 2.33. The standard InChI is InChI=1S/C14H23NO2/c1-11(2)10-16-7-8-17-14-6-4-5-13(9-14)12(3)15/h4-6,9,11-12H,7-8,10,15H2,1-3H3/t12-/m0/s1. The number of hydrogen-bond acceptors (Lipinski definition) is 3. The molecule has 0 aliphatic rings. The summed E-state index contributed by atoms with van der Waals surface area (Å²) in [7, 11) is 0. The molecule has 96 valence electrons. The van der Waals surface area contributed by atoms with E-state index < -0.39 is 0 Å². The van der Waals surface area contributed by atoms with Crippen LogP contribution in [0.5, 0.6) is 5.75 Å².